The fourth-order valence-electron chi connectivity index (χ4n) is 1.34. The van der Waals surface area contributed by atoms with Crippen LogP contribution in [-0.4, -0.2) is 17.2 Å². The molecule has 0 radical (unpaired) electrons. The number of pyridine rings is 1. The molecule has 1 aromatic rings. The first-order valence-corrected chi connectivity index (χ1v) is 4.19. The molecule has 0 fully saturated rings. The van der Waals surface area contributed by atoms with E-state index in [0.717, 1.165) is 29.1 Å². The zero-order valence-corrected chi connectivity index (χ0v) is 7.54. The van der Waals surface area contributed by atoms with Gasteiger partial charge in [0, 0.05) is 17.5 Å². The number of aromatic nitrogens is 1. The second-order valence-corrected chi connectivity index (χ2v) is 3.08. The Kier molecular flexibility index (Phi) is 1.85. The maximum absolute atomic E-state index is 4.17. The van der Waals surface area contributed by atoms with Crippen molar-refractivity contribution in [3.8, 4) is 0 Å². The summed E-state index contributed by atoms with van der Waals surface area (Å²) in [5.41, 5.74) is 6.98. The summed E-state index contributed by atoms with van der Waals surface area (Å²) in [6, 6.07) is 3.96. The molecule has 1 aliphatic rings. The summed E-state index contributed by atoms with van der Waals surface area (Å²) in [7, 11) is 0. The monoisotopic (exact) mass is 173 g/mol. The van der Waals surface area contributed by atoms with Crippen molar-refractivity contribution in [2.75, 3.05) is 6.54 Å². The van der Waals surface area contributed by atoms with E-state index < -0.39 is 0 Å². The van der Waals surface area contributed by atoms with Crippen molar-refractivity contribution < 1.29 is 0 Å². The molecule has 0 aromatic carbocycles. The summed E-state index contributed by atoms with van der Waals surface area (Å²) >= 11 is 0. The minimum atomic E-state index is 0.747. The predicted molar refractivity (Wildman–Crippen MR) is 52.7 cm³/mol. The van der Waals surface area contributed by atoms with Crippen molar-refractivity contribution in [3.63, 3.8) is 0 Å². The average Bonchev–Trinajstić information content (AvgIpc) is 2.51. The van der Waals surface area contributed by atoms with Gasteiger partial charge in [-0.25, -0.2) is 0 Å². The molecule has 0 unspecified atom stereocenters. The second-order valence-electron chi connectivity index (χ2n) is 3.08. The third kappa shape index (κ3) is 1.45. The highest BCUT2D eigenvalue weighted by Gasteiger charge is 2.12. The van der Waals surface area contributed by atoms with E-state index in [4.69, 9.17) is 0 Å². The van der Waals surface area contributed by atoms with E-state index in [9.17, 15) is 0 Å². The van der Waals surface area contributed by atoms with E-state index in [-0.39, 0.29) is 0 Å². The van der Waals surface area contributed by atoms with Crippen LogP contribution < -0.4 is 5.43 Å². The SMILES string of the molecule is C=C1CNN=C1c1ccnc(C)c1. The van der Waals surface area contributed by atoms with Crippen LogP contribution in [0.25, 0.3) is 0 Å². The van der Waals surface area contributed by atoms with Gasteiger partial charge in [0.1, 0.15) is 0 Å². The molecule has 13 heavy (non-hydrogen) atoms. The second kappa shape index (κ2) is 3.01. The first-order chi connectivity index (χ1) is 6.27. The van der Waals surface area contributed by atoms with Gasteiger partial charge in [-0.1, -0.05) is 6.58 Å². The maximum Gasteiger partial charge on any atom is 0.0947 e. The number of hydrogen-bond acceptors (Lipinski definition) is 3. The Morgan fingerprint density at radius 1 is 1.54 bits per heavy atom. The molecule has 0 bridgehead atoms. The highest BCUT2D eigenvalue weighted by atomic mass is 15.3. The number of aryl methyl sites for hydroxylation is 1. The van der Waals surface area contributed by atoms with Gasteiger partial charge >= 0.3 is 0 Å². The van der Waals surface area contributed by atoms with Crippen LogP contribution in [0.4, 0.5) is 0 Å². The van der Waals surface area contributed by atoms with E-state index in [0.29, 0.717) is 0 Å². The lowest BCUT2D eigenvalue weighted by Crippen LogP contribution is -2.02. The van der Waals surface area contributed by atoms with Gasteiger partial charge in [-0.3, -0.25) is 4.98 Å². The van der Waals surface area contributed by atoms with E-state index >= 15 is 0 Å². The minimum Gasteiger partial charge on any atom is -0.305 e. The van der Waals surface area contributed by atoms with Crippen molar-refractivity contribution in [1.29, 1.82) is 0 Å². The lowest BCUT2D eigenvalue weighted by molar-refractivity contribution is 0.856. The normalized spacial score (nSPS) is 15.5. The molecule has 0 atom stereocenters. The summed E-state index contributed by atoms with van der Waals surface area (Å²) in [4.78, 5) is 4.13. The van der Waals surface area contributed by atoms with Crippen LogP contribution in [0, 0.1) is 6.92 Å². The highest BCUT2D eigenvalue weighted by Crippen LogP contribution is 2.11. The first-order valence-electron chi connectivity index (χ1n) is 4.19. The standard InChI is InChI=1S/C10H11N3/c1-7-6-12-13-10(7)9-3-4-11-8(2)5-9/h3-5,12H,1,6H2,2H3. The van der Waals surface area contributed by atoms with Crippen LogP contribution >= 0.6 is 0 Å². The predicted octanol–water partition coefficient (Wildman–Crippen LogP) is 1.25. The van der Waals surface area contributed by atoms with Crippen molar-refractivity contribution in [2.45, 2.75) is 6.92 Å². The molecule has 2 rings (SSSR count). The van der Waals surface area contributed by atoms with Crippen LogP contribution in [0.3, 0.4) is 0 Å². The molecule has 0 spiro atoms. The molecule has 2 heterocycles. The number of nitrogens with zero attached hydrogens (tertiary/aromatic N) is 2. The molecule has 0 saturated carbocycles. The Morgan fingerprint density at radius 3 is 3.00 bits per heavy atom. The lowest BCUT2D eigenvalue weighted by atomic mass is 10.1. The third-order valence-electron chi connectivity index (χ3n) is 1.99. The minimum absolute atomic E-state index is 0.747. The fourth-order valence-corrected chi connectivity index (χ4v) is 1.34. The Morgan fingerprint density at radius 2 is 2.38 bits per heavy atom. The summed E-state index contributed by atoms with van der Waals surface area (Å²) in [5, 5.41) is 4.17. The number of rotatable bonds is 1. The molecule has 0 amide bonds. The van der Waals surface area contributed by atoms with E-state index in [1.54, 1.807) is 6.20 Å². The number of hydrazone groups is 1. The quantitative estimate of drug-likeness (QED) is 0.694. The fraction of sp³-hybridized carbons (Fsp3) is 0.200. The van der Waals surface area contributed by atoms with Gasteiger partial charge in [-0.05, 0) is 24.6 Å². The first kappa shape index (κ1) is 7.98. The van der Waals surface area contributed by atoms with Crippen molar-refractivity contribution in [1.82, 2.24) is 10.4 Å². The summed E-state index contributed by atoms with van der Waals surface area (Å²) < 4.78 is 0. The van der Waals surface area contributed by atoms with Gasteiger partial charge < -0.3 is 5.43 Å². The van der Waals surface area contributed by atoms with Crippen LogP contribution in [0.5, 0.6) is 0 Å². The number of nitrogens with one attached hydrogen (secondary N) is 1. The Bertz CT molecular complexity index is 380. The molecule has 3 heteroatoms. The Hall–Kier alpha value is -1.64. The van der Waals surface area contributed by atoms with E-state index in [1.165, 1.54) is 0 Å². The molecule has 0 aliphatic carbocycles. The van der Waals surface area contributed by atoms with Crippen molar-refractivity contribution in [2.24, 2.45) is 5.10 Å². The van der Waals surface area contributed by atoms with Crippen molar-refractivity contribution in [3.05, 3.63) is 41.7 Å². The molecule has 3 nitrogen and oxygen atoms in total. The van der Waals surface area contributed by atoms with E-state index in [2.05, 4.69) is 22.1 Å². The number of hydrogen-bond donors (Lipinski definition) is 1. The van der Waals surface area contributed by atoms with Gasteiger partial charge in [0.2, 0.25) is 0 Å². The zero-order valence-electron chi connectivity index (χ0n) is 7.54. The van der Waals surface area contributed by atoms with Gasteiger partial charge in [0.15, 0.2) is 0 Å². The molecule has 1 N–H and O–H groups in total. The van der Waals surface area contributed by atoms with Crippen LogP contribution in [-0.2, 0) is 0 Å². The molecular weight excluding hydrogens is 162 g/mol. The lowest BCUT2D eigenvalue weighted by Gasteiger charge is -2.00. The van der Waals surface area contributed by atoms with Crippen molar-refractivity contribution >= 4 is 5.71 Å². The van der Waals surface area contributed by atoms with Gasteiger partial charge in [0.05, 0.1) is 12.3 Å². The van der Waals surface area contributed by atoms with Gasteiger partial charge in [0.25, 0.3) is 0 Å². The summed E-state index contributed by atoms with van der Waals surface area (Å²) in [6.07, 6.45) is 1.79. The largest absolute Gasteiger partial charge is 0.305 e. The average molecular weight is 173 g/mol. The summed E-state index contributed by atoms with van der Waals surface area (Å²) in [6.45, 7) is 6.64. The zero-order chi connectivity index (χ0) is 9.26. The smallest absolute Gasteiger partial charge is 0.0947 e. The molecular formula is C10H11N3. The Labute approximate surface area is 77.2 Å². The molecule has 0 saturated heterocycles. The van der Waals surface area contributed by atoms with Crippen LogP contribution in [0.1, 0.15) is 11.3 Å². The van der Waals surface area contributed by atoms with Crippen LogP contribution in [0.2, 0.25) is 0 Å². The summed E-state index contributed by atoms with van der Waals surface area (Å²) in [5.74, 6) is 0. The topological polar surface area (TPSA) is 37.3 Å². The Balaban J connectivity index is 2.41. The van der Waals surface area contributed by atoms with Gasteiger partial charge in [-0.15, -0.1) is 0 Å². The van der Waals surface area contributed by atoms with Crippen LogP contribution in [0.15, 0.2) is 35.6 Å². The van der Waals surface area contributed by atoms with E-state index in [1.807, 2.05) is 19.1 Å². The molecule has 1 aromatic heterocycles. The third-order valence-corrected chi connectivity index (χ3v) is 1.99. The highest BCUT2D eigenvalue weighted by molar-refractivity contribution is 6.13. The molecule has 66 valence electrons. The maximum atomic E-state index is 4.17. The van der Waals surface area contributed by atoms with Gasteiger partial charge in [-0.2, -0.15) is 5.10 Å². The molecule has 1 aliphatic heterocycles.